The molecular weight excluding hydrogens is 420 g/mol. The predicted molar refractivity (Wildman–Crippen MR) is 113 cm³/mol. The van der Waals surface area contributed by atoms with E-state index in [4.69, 9.17) is 25.8 Å². The lowest BCUT2D eigenvalue weighted by Crippen LogP contribution is -2.37. The highest BCUT2D eigenvalue weighted by Crippen LogP contribution is 2.39. The second-order valence-electron chi connectivity index (χ2n) is 5.91. The van der Waals surface area contributed by atoms with Crippen LogP contribution in [0.25, 0.3) is 0 Å². The van der Waals surface area contributed by atoms with E-state index in [0.29, 0.717) is 18.0 Å². The first-order valence-corrected chi connectivity index (χ1v) is 10.8. The molecule has 0 radical (unpaired) electrons. The Morgan fingerprint density at radius 2 is 1.76 bits per heavy atom. The Morgan fingerprint density at radius 3 is 2.34 bits per heavy atom. The van der Waals surface area contributed by atoms with Crippen molar-refractivity contribution in [3.8, 4) is 17.2 Å². The van der Waals surface area contributed by atoms with Gasteiger partial charge in [0.05, 0.1) is 43.5 Å². The molecule has 0 aromatic heterocycles. The van der Waals surface area contributed by atoms with Crippen LogP contribution in [0.5, 0.6) is 17.2 Å². The molecule has 0 saturated carbocycles. The van der Waals surface area contributed by atoms with Crippen LogP contribution in [0.1, 0.15) is 6.92 Å². The molecule has 0 bridgehead atoms. The van der Waals surface area contributed by atoms with E-state index in [0.717, 1.165) is 10.6 Å². The molecular formula is C19H23ClN2O6S. The summed E-state index contributed by atoms with van der Waals surface area (Å²) in [4.78, 5) is 12.6. The first-order chi connectivity index (χ1) is 13.7. The Morgan fingerprint density at radius 1 is 1.10 bits per heavy atom. The van der Waals surface area contributed by atoms with E-state index in [9.17, 15) is 13.2 Å². The van der Waals surface area contributed by atoms with Gasteiger partial charge < -0.3 is 19.5 Å². The highest BCUT2D eigenvalue weighted by atomic mass is 35.5. The maximum atomic E-state index is 12.6. The van der Waals surface area contributed by atoms with Crippen LogP contribution in [0.15, 0.2) is 36.4 Å². The van der Waals surface area contributed by atoms with E-state index in [1.54, 1.807) is 24.3 Å². The fourth-order valence-corrected chi connectivity index (χ4v) is 3.67. The van der Waals surface area contributed by atoms with Gasteiger partial charge in [0.1, 0.15) is 23.8 Å². The number of ether oxygens (including phenoxy) is 3. The Bertz CT molecular complexity index is 981. The third-order valence-electron chi connectivity index (χ3n) is 3.87. The molecule has 0 fully saturated rings. The van der Waals surface area contributed by atoms with E-state index in [1.807, 2.05) is 6.92 Å². The number of carbonyl (C=O) groups is 1. The van der Waals surface area contributed by atoms with E-state index in [-0.39, 0.29) is 22.2 Å². The molecule has 0 aliphatic carbocycles. The number of benzene rings is 2. The van der Waals surface area contributed by atoms with Crippen molar-refractivity contribution < 1.29 is 27.4 Å². The molecule has 29 heavy (non-hydrogen) atoms. The highest BCUT2D eigenvalue weighted by molar-refractivity contribution is 7.92. The lowest BCUT2D eigenvalue weighted by atomic mass is 10.2. The summed E-state index contributed by atoms with van der Waals surface area (Å²) in [5.74, 6) is 0.362. The minimum absolute atomic E-state index is 0.129. The number of halogens is 1. The first-order valence-electron chi connectivity index (χ1n) is 8.62. The van der Waals surface area contributed by atoms with Crippen LogP contribution in [0.2, 0.25) is 5.02 Å². The fourth-order valence-electron chi connectivity index (χ4n) is 2.59. The van der Waals surface area contributed by atoms with Crippen LogP contribution in [0, 0.1) is 0 Å². The SMILES string of the molecule is CCOc1ccccc1NC(=O)CN(c1cc(OC)c(Cl)cc1OC)S(C)(=O)=O. The zero-order chi connectivity index (χ0) is 21.6. The molecule has 0 aliphatic heterocycles. The van der Waals surface area contributed by atoms with Gasteiger partial charge in [-0.25, -0.2) is 8.42 Å². The molecule has 0 aliphatic rings. The van der Waals surface area contributed by atoms with E-state index >= 15 is 0 Å². The number of rotatable bonds is 9. The van der Waals surface area contributed by atoms with E-state index < -0.39 is 22.5 Å². The van der Waals surface area contributed by atoms with Crippen molar-refractivity contribution in [2.75, 3.05) is 43.2 Å². The van der Waals surface area contributed by atoms with Crippen LogP contribution < -0.4 is 23.8 Å². The van der Waals surface area contributed by atoms with Crippen LogP contribution in [0.4, 0.5) is 11.4 Å². The zero-order valence-corrected chi connectivity index (χ0v) is 18.1. The Balaban J connectivity index is 2.37. The predicted octanol–water partition coefficient (Wildman–Crippen LogP) is 3.16. The third-order valence-corrected chi connectivity index (χ3v) is 5.29. The van der Waals surface area contributed by atoms with Gasteiger partial charge in [-0.15, -0.1) is 0 Å². The first kappa shape index (κ1) is 22.6. The van der Waals surface area contributed by atoms with Gasteiger partial charge in [-0.3, -0.25) is 9.10 Å². The number of nitrogens with zero attached hydrogens (tertiary/aromatic N) is 1. The monoisotopic (exact) mass is 442 g/mol. The summed E-state index contributed by atoms with van der Waals surface area (Å²) in [7, 11) is -1.06. The lowest BCUT2D eigenvalue weighted by Gasteiger charge is -2.24. The molecule has 2 aromatic rings. The summed E-state index contributed by atoms with van der Waals surface area (Å²) in [5.41, 5.74) is 0.568. The molecule has 8 nitrogen and oxygen atoms in total. The Labute approximate surface area is 175 Å². The number of amides is 1. The average Bonchev–Trinajstić information content (AvgIpc) is 2.67. The Hall–Kier alpha value is -2.65. The van der Waals surface area contributed by atoms with Gasteiger partial charge in [-0.2, -0.15) is 0 Å². The van der Waals surface area contributed by atoms with E-state index in [2.05, 4.69) is 5.32 Å². The maximum absolute atomic E-state index is 12.6. The van der Waals surface area contributed by atoms with E-state index in [1.165, 1.54) is 26.4 Å². The van der Waals surface area contributed by atoms with Crippen LogP contribution in [-0.2, 0) is 14.8 Å². The molecule has 1 N–H and O–H groups in total. The minimum Gasteiger partial charge on any atom is -0.495 e. The second kappa shape index (κ2) is 9.71. The standard InChI is InChI=1S/C19H23ClN2O6S/c1-5-28-16-9-7-6-8-14(16)21-19(23)12-22(29(4,24)25)15-11-17(26-2)13(20)10-18(15)27-3/h6-11H,5,12H2,1-4H3,(H,21,23). The number of methoxy groups -OCH3 is 2. The van der Waals surface area contributed by atoms with Crippen LogP contribution in [0.3, 0.4) is 0 Å². The molecule has 2 rings (SSSR count). The highest BCUT2D eigenvalue weighted by Gasteiger charge is 2.26. The zero-order valence-electron chi connectivity index (χ0n) is 16.6. The van der Waals surface area contributed by atoms with Crippen molar-refractivity contribution in [3.05, 3.63) is 41.4 Å². The van der Waals surface area contributed by atoms with Gasteiger partial charge in [-0.1, -0.05) is 23.7 Å². The quantitative estimate of drug-likeness (QED) is 0.641. The summed E-state index contributed by atoms with van der Waals surface area (Å²) in [6, 6.07) is 9.72. The largest absolute Gasteiger partial charge is 0.495 e. The fraction of sp³-hybridized carbons (Fsp3) is 0.316. The van der Waals surface area contributed by atoms with Crippen molar-refractivity contribution in [3.63, 3.8) is 0 Å². The van der Waals surface area contributed by atoms with Gasteiger partial charge in [0.2, 0.25) is 15.9 Å². The Kier molecular flexibility index (Phi) is 7.58. The van der Waals surface area contributed by atoms with Gasteiger partial charge in [0, 0.05) is 12.1 Å². The van der Waals surface area contributed by atoms with Crippen LogP contribution in [-0.4, -0.2) is 48.0 Å². The molecule has 0 heterocycles. The molecule has 158 valence electrons. The summed E-state index contributed by atoms with van der Waals surface area (Å²) in [5, 5.41) is 2.92. The molecule has 0 unspecified atom stereocenters. The van der Waals surface area contributed by atoms with Gasteiger partial charge >= 0.3 is 0 Å². The summed E-state index contributed by atoms with van der Waals surface area (Å²) in [6.45, 7) is 1.76. The number of para-hydroxylation sites is 2. The topological polar surface area (TPSA) is 94.2 Å². The van der Waals surface area contributed by atoms with Gasteiger partial charge in [0.25, 0.3) is 0 Å². The third kappa shape index (κ3) is 5.68. The van der Waals surface area contributed by atoms with Crippen molar-refractivity contribution in [2.45, 2.75) is 6.92 Å². The summed E-state index contributed by atoms with van der Waals surface area (Å²) < 4.78 is 41.7. The van der Waals surface area contributed by atoms with Crippen molar-refractivity contribution in [1.82, 2.24) is 0 Å². The van der Waals surface area contributed by atoms with Gasteiger partial charge in [0.15, 0.2) is 0 Å². The van der Waals surface area contributed by atoms with Crippen molar-refractivity contribution >= 4 is 38.9 Å². The smallest absolute Gasteiger partial charge is 0.245 e. The number of sulfonamides is 1. The van der Waals surface area contributed by atoms with Crippen LogP contribution >= 0.6 is 11.6 Å². The number of hydrogen-bond donors (Lipinski definition) is 1. The number of nitrogens with one attached hydrogen (secondary N) is 1. The molecule has 0 atom stereocenters. The summed E-state index contributed by atoms with van der Waals surface area (Å²) >= 11 is 6.09. The normalized spacial score (nSPS) is 10.9. The van der Waals surface area contributed by atoms with Crippen molar-refractivity contribution in [2.24, 2.45) is 0 Å². The maximum Gasteiger partial charge on any atom is 0.245 e. The summed E-state index contributed by atoms with van der Waals surface area (Å²) in [6.07, 6.45) is 0.995. The lowest BCUT2D eigenvalue weighted by molar-refractivity contribution is -0.114. The van der Waals surface area contributed by atoms with Gasteiger partial charge in [-0.05, 0) is 19.1 Å². The molecule has 2 aromatic carbocycles. The molecule has 0 spiro atoms. The number of hydrogen-bond acceptors (Lipinski definition) is 6. The number of anilines is 2. The molecule has 1 amide bonds. The van der Waals surface area contributed by atoms with Crippen molar-refractivity contribution in [1.29, 1.82) is 0 Å². The molecule has 10 heteroatoms. The average molecular weight is 443 g/mol. The minimum atomic E-state index is -3.83. The number of carbonyl (C=O) groups excluding carboxylic acids is 1. The second-order valence-corrected chi connectivity index (χ2v) is 8.22. The molecule has 0 saturated heterocycles.